The highest BCUT2D eigenvalue weighted by Crippen LogP contribution is 2.28. The number of benzene rings is 2. The molecule has 0 bridgehead atoms. The molecule has 3 rings (SSSR count). The van der Waals surface area contributed by atoms with Crippen LogP contribution in [0.4, 0.5) is 0 Å². The van der Waals surface area contributed by atoms with E-state index >= 15 is 0 Å². The molecule has 0 aliphatic heterocycles. The SMILES string of the molecule is O=C(O/C(=C\c1ccccc1)c1ccccc1)C1CCCCC1. The summed E-state index contributed by atoms with van der Waals surface area (Å²) in [5.41, 5.74) is 1.96. The molecular formula is C21H22O2. The highest BCUT2D eigenvalue weighted by Gasteiger charge is 2.23. The third-order valence-electron chi connectivity index (χ3n) is 4.30. The van der Waals surface area contributed by atoms with Gasteiger partial charge in [-0.05, 0) is 24.5 Å². The number of carbonyl (C=O) groups is 1. The van der Waals surface area contributed by atoms with Crippen molar-refractivity contribution in [2.24, 2.45) is 5.92 Å². The largest absolute Gasteiger partial charge is 0.426 e. The van der Waals surface area contributed by atoms with Crippen molar-refractivity contribution in [1.29, 1.82) is 0 Å². The van der Waals surface area contributed by atoms with Crippen molar-refractivity contribution in [3.8, 4) is 0 Å². The van der Waals surface area contributed by atoms with Crippen LogP contribution in [0.5, 0.6) is 0 Å². The van der Waals surface area contributed by atoms with Crippen molar-refractivity contribution in [3.05, 3.63) is 71.8 Å². The van der Waals surface area contributed by atoms with Crippen LogP contribution in [0.15, 0.2) is 60.7 Å². The zero-order chi connectivity index (χ0) is 15.9. The predicted octanol–water partition coefficient (Wildman–Crippen LogP) is 5.31. The number of hydrogen-bond acceptors (Lipinski definition) is 2. The van der Waals surface area contributed by atoms with Crippen molar-refractivity contribution in [1.82, 2.24) is 0 Å². The summed E-state index contributed by atoms with van der Waals surface area (Å²) in [6.07, 6.45) is 7.33. The minimum atomic E-state index is -0.0873. The summed E-state index contributed by atoms with van der Waals surface area (Å²) in [6, 6.07) is 19.8. The Hall–Kier alpha value is -2.35. The number of rotatable bonds is 4. The smallest absolute Gasteiger partial charge is 0.314 e. The van der Waals surface area contributed by atoms with E-state index in [1.165, 1.54) is 6.42 Å². The molecule has 2 aromatic rings. The van der Waals surface area contributed by atoms with E-state index in [4.69, 9.17) is 4.74 Å². The molecule has 0 spiro atoms. The normalized spacial score (nSPS) is 16.1. The Morgan fingerprint density at radius 2 is 1.48 bits per heavy atom. The molecule has 0 unspecified atom stereocenters. The summed E-state index contributed by atoms with van der Waals surface area (Å²) in [7, 11) is 0. The van der Waals surface area contributed by atoms with Crippen LogP contribution in [0.2, 0.25) is 0 Å². The first-order chi connectivity index (χ1) is 11.3. The fraction of sp³-hybridized carbons (Fsp3) is 0.286. The minimum Gasteiger partial charge on any atom is -0.426 e. The van der Waals surface area contributed by atoms with E-state index in [2.05, 4.69) is 0 Å². The van der Waals surface area contributed by atoms with Crippen LogP contribution < -0.4 is 0 Å². The number of carbonyl (C=O) groups excluding carboxylic acids is 1. The van der Waals surface area contributed by atoms with Crippen LogP contribution in [0, 0.1) is 5.92 Å². The summed E-state index contributed by atoms with van der Waals surface area (Å²) < 4.78 is 5.80. The minimum absolute atomic E-state index is 0.0478. The highest BCUT2D eigenvalue weighted by molar-refractivity contribution is 5.86. The average molecular weight is 306 g/mol. The van der Waals surface area contributed by atoms with Gasteiger partial charge in [-0.2, -0.15) is 0 Å². The Balaban J connectivity index is 1.83. The quantitative estimate of drug-likeness (QED) is 0.435. The van der Waals surface area contributed by atoms with Gasteiger partial charge in [-0.25, -0.2) is 0 Å². The lowest BCUT2D eigenvalue weighted by atomic mass is 9.89. The summed E-state index contributed by atoms with van der Waals surface area (Å²) in [6.45, 7) is 0. The van der Waals surface area contributed by atoms with Crippen LogP contribution in [0.3, 0.4) is 0 Å². The molecule has 0 atom stereocenters. The molecule has 0 aromatic heterocycles. The third kappa shape index (κ3) is 4.32. The van der Waals surface area contributed by atoms with E-state index in [1.54, 1.807) is 0 Å². The van der Waals surface area contributed by atoms with Gasteiger partial charge in [0.2, 0.25) is 0 Å². The summed E-state index contributed by atoms with van der Waals surface area (Å²) in [5, 5.41) is 0. The summed E-state index contributed by atoms with van der Waals surface area (Å²) >= 11 is 0. The molecule has 23 heavy (non-hydrogen) atoms. The zero-order valence-corrected chi connectivity index (χ0v) is 13.3. The molecule has 0 N–H and O–H groups in total. The van der Waals surface area contributed by atoms with Crippen LogP contribution >= 0.6 is 0 Å². The maximum Gasteiger partial charge on any atom is 0.314 e. The molecule has 1 aliphatic carbocycles. The zero-order valence-electron chi connectivity index (χ0n) is 13.3. The fourth-order valence-electron chi connectivity index (χ4n) is 3.00. The van der Waals surface area contributed by atoms with Gasteiger partial charge in [0, 0.05) is 5.56 Å². The second-order valence-corrected chi connectivity index (χ2v) is 6.04. The molecule has 1 saturated carbocycles. The summed E-state index contributed by atoms with van der Waals surface area (Å²) in [5.74, 6) is 0.592. The molecular weight excluding hydrogens is 284 g/mol. The standard InChI is InChI=1S/C21H22O2/c22-21(19-14-8-3-9-15-19)23-20(18-12-6-2-7-13-18)16-17-10-4-1-5-11-17/h1-2,4-7,10-13,16,19H,3,8-9,14-15H2/b20-16-. The van der Waals surface area contributed by atoms with Crippen molar-refractivity contribution in [3.63, 3.8) is 0 Å². The third-order valence-corrected chi connectivity index (χ3v) is 4.30. The molecule has 2 aromatic carbocycles. The molecule has 0 heterocycles. The van der Waals surface area contributed by atoms with Crippen molar-refractivity contribution in [2.45, 2.75) is 32.1 Å². The van der Waals surface area contributed by atoms with Gasteiger partial charge in [0.15, 0.2) is 0 Å². The Morgan fingerprint density at radius 3 is 2.13 bits per heavy atom. The lowest BCUT2D eigenvalue weighted by Gasteiger charge is -2.20. The van der Waals surface area contributed by atoms with Gasteiger partial charge in [0.1, 0.15) is 5.76 Å². The predicted molar refractivity (Wildman–Crippen MR) is 93.4 cm³/mol. The molecule has 0 saturated heterocycles. The Morgan fingerprint density at radius 1 is 0.870 bits per heavy atom. The van der Waals surface area contributed by atoms with E-state index in [1.807, 2.05) is 66.7 Å². The number of hydrogen-bond donors (Lipinski definition) is 0. The number of esters is 1. The van der Waals surface area contributed by atoms with Gasteiger partial charge in [0.25, 0.3) is 0 Å². The molecule has 2 nitrogen and oxygen atoms in total. The first kappa shape index (κ1) is 15.5. The lowest BCUT2D eigenvalue weighted by Crippen LogP contribution is -2.19. The van der Waals surface area contributed by atoms with Gasteiger partial charge in [0.05, 0.1) is 5.92 Å². The topological polar surface area (TPSA) is 26.3 Å². The van der Waals surface area contributed by atoms with Gasteiger partial charge < -0.3 is 4.74 Å². The first-order valence-electron chi connectivity index (χ1n) is 8.37. The van der Waals surface area contributed by atoms with Crippen molar-refractivity contribution < 1.29 is 9.53 Å². The monoisotopic (exact) mass is 306 g/mol. The average Bonchev–Trinajstić information content (AvgIpc) is 2.63. The van der Waals surface area contributed by atoms with Crippen molar-refractivity contribution >= 4 is 17.8 Å². The van der Waals surface area contributed by atoms with E-state index < -0.39 is 0 Å². The van der Waals surface area contributed by atoms with Crippen LogP contribution in [-0.2, 0) is 9.53 Å². The van der Waals surface area contributed by atoms with Gasteiger partial charge in [-0.15, -0.1) is 0 Å². The Labute approximate surface area is 137 Å². The van der Waals surface area contributed by atoms with Crippen LogP contribution in [-0.4, -0.2) is 5.97 Å². The Bertz CT molecular complexity index is 653. The molecule has 118 valence electrons. The highest BCUT2D eigenvalue weighted by atomic mass is 16.5. The van der Waals surface area contributed by atoms with E-state index in [-0.39, 0.29) is 11.9 Å². The first-order valence-corrected chi connectivity index (χ1v) is 8.37. The van der Waals surface area contributed by atoms with Gasteiger partial charge >= 0.3 is 5.97 Å². The van der Waals surface area contributed by atoms with Gasteiger partial charge in [-0.3, -0.25) is 4.79 Å². The molecule has 1 aliphatic rings. The van der Waals surface area contributed by atoms with E-state index in [9.17, 15) is 4.79 Å². The number of ether oxygens (including phenoxy) is 1. The molecule has 0 radical (unpaired) electrons. The lowest BCUT2D eigenvalue weighted by molar-refractivity contribution is -0.142. The Kier molecular flexibility index (Phi) is 5.25. The maximum absolute atomic E-state index is 12.5. The molecule has 1 fully saturated rings. The second kappa shape index (κ2) is 7.77. The molecule has 0 amide bonds. The van der Waals surface area contributed by atoms with Gasteiger partial charge in [-0.1, -0.05) is 79.9 Å². The maximum atomic E-state index is 12.5. The van der Waals surface area contributed by atoms with Crippen LogP contribution in [0.25, 0.3) is 11.8 Å². The second-order valence-electron chi connectivity index (χ2n) is 6.04. The van der Waals surface area contributed by atoms with Crippen LogP contribution in [0.1, 0.15) is 43.2 Å². The van der Waals surface area contributed by atoms with E-state index in [0.29, 0.717) is 5.76 Å². The van der Waals surface area contributed by atoms with Crippen molar-refractivity contribution in [2.75, 3.05) is 0 Å². The van der Waals surface area contributed by atoms with E-state index in [0.717, 1.165) is 36.8 Å². The summed E-state index contributed by atoms with van der Waals surface area (Å²) in [4.78, 5) is 12.5. The molecule has 2 heteroatoms. The fourth-order valence-corrected chi connectivity index (χ4v) is 3.00.